The topological polar surface area (TPSA) is 23.5 Å². The number of phenols is 1. The summed E-state index contributed by atoms with van der Waals surface area (Å²) in [5, 5.41) is 9.86. The number of aromatic hydroxyl groups is 1. The molecule has 20 heavy (non-hydrogen) atoms. The number of hydrogen-bond acceptors (Lipinski definition) is 2. The van der Waals surface area contributed by atoms with E-state index < -0.39 is 0 Å². The van der Waals surface area contributed by atoms with Crippen LogP contribution in [0.1, 0.15) is 43.7 Å². The van der Waals surface area contributed by atoms with Gasteiger partial charge in [-0.1, -0.05) is 13.0 Å². The Kier molecular flexibility index (Phi) is 2.85. The maximum absolute atomic E-state index is 9.86. The minimum atomic E-state index is 0.284. The summed E-state index contributed by atoms with van der Waals surface area (Å²) in [5.74, 6) is 2.20. The number of rotatable bonds is 2. The molecule has 2 aliphatic carbocycles. The number of benzene rings is 1. The smallest absolute Gasteiger partial charge is 0.115 e. The van der Waals surface area contributed by atoms with E-state index in [0.717, 1.165) is 11.8 Å². The molecule has 0 amide bonds. The van der Waals surface area contributed by atoms with E-state index >= 15 is 0 Å². The van der Waals surface area contributed by atoms with E-state index in [0.29, 0.717) is 5.75 Å². The van der Waals surface area contributed by atoms with Gasteiger partial charge in [-0.2, -0.15) is 0 Å². The minimum Gasteiger partial charge on any atom is -0.508 e. The van der Waals surface area contributed by atoms with Gasteiger partial charge in [0, 0.05) is 13.1 Å². The van der Waals surface area contributed by atoms with Crippen LogP contribution < -0.4 is 0 Å². The molecule has 2 heteroatoms. The van der Waals surface area contributed by atoms with Gasteiger partial charge in [0.2, 0.25) is 0 Å². The lowest BCUT2D eigenvalue weighted by atomic mass is 9.61. The van der Waals surface area contributed by atoms with Crippen molar-refractivity contribution in [2.24, 2.45) is 11.8 Å². The molecule has 0 bridgehead atoms. The Balaban J connectivity index is 1.60. The number of nitrogens with zero attached hydrogens (tertiary/aromatic N) is 1. The highest BCUT2D eigenvalue weighted by Gasteiger charge is 2.44. The van der Waals surface area contributed by atoms with Crippen molar-refractivity contribution in [3.8, 4) is 5.75 Å². The predicted octanol–water partition coefficient (Wildman–Crippen LogP) is 3.33. The van der Waals surface area contributed by atoms with E-state index in [1.807, 2.05) is 12.1 Å². The zero-order chi connectivity index (χ0) is 13.7. The minimum absolute atomic E-state index is 0.284. The van der Waals surface area contributed by atoms with E-state index in [4.69, 9.17) is 0 Å². The van der Waals surface area contributed by atoms with Crippen LogP contribution in [0.2, 0.25) is 0 Å². The highest BCUT2D eigenvalue weighted by atomic mass is 16.3. The molecule has 2 atom stereocenters. The Bertz CT molecular complexity index is 522. The van der Waals surface area contributed by atoms with E-state index in [9.17, 15) is 5.11 Å². The molecule has 0 spiro atoms. The fourth-order valence-electron chi connectivity index (χ4n) is 4.44. The van der Waals surface area contributed by atoms with Gasteiger partial charge in [0.25, 0.3) is 0 Å². The molecule has 4 rings (SSSR count). The Hall–Kier alpha value is -1.02. The van der Waals surface area contributed by atoms with Crippen LogP contribution in [0, 0.1) is 11.8 Å². The lowest BCUT2D eigenvalue weighted by molar-refractivity contribution is 0.0839. The fraction of sp³-hybridized carbons (Fsp3) is 0.667. The summed E-state index contributed by atoms with van der Waals surface area (Å²) in [6, 6.07) is 6.03. The van der Waals surface area contributed by atoms with E-state index in [1.165, 1.54) is 62.9 Å². The molecule has 2 nitrogen and oxygen atoms in total. The van der Waals surface area contributed by atoms with Crippen molar-refractivity contribution >= 4 is 0 Å². The zero-order valence-corrected chi connectivity index (χ0v) is 12.4. The Morgan fingerprint density at radius 2 is 2.15 bits per heavy atom. The van der Waals surface area contributed by atoms with Gasteiger partial charge < -0.3 is 10.0 Å². The number of likely N-dealkylation sites (tertiary alicyclic amines) is 1. The maximum Gasteiger partial charge on any atom is 0.115 e. The summed E-state index contributed by atoms with van der Waals surface area (Å²) in [6.07, 6.45) is 6.66. The van der Waals surface area contributed by atoms with Crippen LogP contribution in [0.5, 0.6) is 5.75 Å². The molecule has 0 radical (unpaired) electrons. The predicted molar refractivity (Wildman–Crippen MR) is 81.1 cm³/mol. The molecular weight excluding hydrogens is 246 g/mol. The van der Waals surface area contributed by atoms with Crippen molar-refractivity contribution in [2.45, 2.75) is 44.4 Å². The standard InChI is InChI=1S/C18H25NO/c1-18-8-9-19(11-13-2-3-13)12-15(18)6-4-14-5-7-16(20)10-17(14)18/h5,7,10,13,15,20H,2-4,6,8-9,11-12H2,1H3/t15-,18+/m0/s1. The van der Waals surface area contributed by atoms with Crippen LogP contribution in [-0.2, 0) is 11.8 Å². The number of phenolic OH excluding ortho intramolecular Hbond substituents is 1. The van der Waals surface area contributed by atoms with Crippen LogP contribution in [0.4, 0.5) is 0 Å². The Morgan fingerprint density at radius 1 is 1.30 bits per heavy atom. The number of fused-ring (bicyclic) bond motifs is 3. The third kappa shape index (κ3) is 2.05. The monoisotopic (exact) mass is 271 g/mol. The molecule has 2 fully saturated rings. The average molecular weight is 271 g/mol. The molecule has 1 saturated carbocycles. The first-order valence-electron chi connectivity index (χ1n) is 8.20. The Labute approximate surface area is 121 Å². The summed E-state index contributed by atoms with van der Waals surface area (Å²) in [7, 11) is 0. The van der Waals surface area contributed by atoms with Crippen LogP contribution in [0.3, 0.4) is 0 Å². The summed E-state index contributed by atoms with van der Waals surface area (Å²) in [5.41, 5.74) is 3.18. The van der Waals surface area contributed by atoms with Crippen molar-refractivity contribution in [1.29, 1.82) is 0 Å². The molecular formula is C18H25NO. The third-order valence-corrected chi connectivity index (χ3v) is 6.01. The Morgan fingerprint density at radius 3 is 2.95 bits per heavy atom. The first-order chi connectivity index (χ1) is 9.65. The number of piperidine rings is 1. The van der Waals surface area contributed by atoms with E-state index in [1.54, 1.807) is 0 Å². The van der Waals surface area contributed by atoms with Crippen molar-refractivity contribution in [3.63, 3.8) is 0 Å². The summed E-state index contributed by atoms with van der Waals surface area (Å²) in [6.45, 7) is 6.27. The second-order valence-electron chi connectivity index (χ2n) is 7.45. The summed E-state index contributed by atoms with van der Waals surface area (Å²) < 4.78 is 0. The van der Waals surface area contributed by atoms with Gasteiger partial charge in [-0.25, -0.2) is 0 Å². The van der Waals surface area contributed by atoms with Crippen molar-refractivity contribution in [1.82, 2.24) is 4.90 Å². The second kappa shape index (κ2) is 4.49. The van der Waals surface area contributed by atoms with E-state index in [-0.39, 0.29) is 5.41 Å². The SMILES string of the molecule is C[C@@]12CCN(CC3CC3)C[C@@H]1CCc1ccc(O)cc12. The average Bonchev–Trinajstić information content (AvgIpc) is 3.24. The van der Waals surface area contributed by atoms with Crippen molar-refractivity contribution < 1.29 is 5.11 Å². The molecule has 1 N–H and O–H groups in total. The van der Waals surface area contributed by atoms with Gasteiger partial charge >= 0.3 is 0 Å². The molecule has 0 aromatic heterocycles. The van der Waals surface area contributed by atoms with Crippen LogP contribution in [-0.4, -0.2) is 29.6 Å². The van der Waals surface area contributed by atoms with E-state index in [2.05, 4.69) is 17.9 Å². The van der Waals surface area contributed by atoms with Crippen LogP contribution in [0.15, 0.2) is 18.2 Å². The highest BCUT2D eigenvalue weighted by Crippen LogP contribution is 2.48. The molecule has 0 unspecified atom stereocenters. The van der Waals surface area contributed by atoms with Gasteiger partial charge in [-0.3, -0.25) is 0 Å². The maximum atomic E-state index is 9.86. The molecule has 3 aliphatic rings. The number of hydrogen-bond donors (Lipinski definition) is 1. The lowest BCUT2D eigenvalue weighted by Gasteiger charge is -2.50. The van der Waals surface area contributed by atoms with Gasteiger partial charge in [0.1, 0.15) is 5.75 Å². The molecule has 1 heterocycles. The fourth-order valence-corrected chi connectivity index (χ4v) is 4.44. The van der Waals surface area contributed by atoms with Crippen LogP contribution in [0.25, 0.3) is 0 Å². The molecule has 1 saturated heterocycles. The largest absolute Gasteiger partial charge is 0.508 e. The van der Waals surface area contributed by atoms with Crippen molar-refractivity contribution in [3.05, 3.63) is 29.3 Å². The number of aryl methyl sites for hydroxylation is 1. The highest BCUT2D eigenvalue weighted by molar-refractivity contribution is 5.42. The molecule has 1 aliphatic heterocycles. The quantitative estimate of drug-likeness (QED) is 0.892. The van der Waals surface area contributed by atoms with Crippen LogP contribution >= 0.6 is 0 Å². The first-order valence-corrected chi connectivity index (χ1v) is 8.20. The zero-order valence-electron chi connectivity index (χ0n) is 12.4. The summed E-state index contributed by atoms with van der Waals surface area (Å²) >= 11 is 0. The van der Waals surface area contributed by atoms with Gasteiger partial charge in [-0.15, -0.1) is 0 Å². The molecule has 1 aromatic rings. The molecule has 1 aromatic carbocycles. The lowest BCUT2D eigenvalue weighted by Crippen LogP contribution is -2.50. The van der Waals surface area contributed by atoms with Gasteiger partial charge in [0.15, 0.2) is 0 Å². The second-order valence-corrected chi connectivity index (χ2v) is 7.45. The summed E-state index contributed by atoms with van der Waals surface area (Å²) in [4.78, 5) is 2.71. The third-order valence-electron chi connectivity index (χ3n) is 6.01. The van der Waals surface area contributed by atoms with Gasteiger partial charge in [0.05, 0.1) is 0 Å². The normalized spacial score (nSPS) is 33.5. The molecule has 108 valence electrons. The van der Waals surface area contributed by atoms with Crippen molar-refractivity contribution in [2.75, 3.05) is 19.6 Å². The van der Waals surface area contributed by atoms with Gasteiger partial charge in [-0.05, 0) is 79.2 Å². The first kappa shape index (κ1) is 12.7.